The molecule has 0 aromatic carbocycles. The molecule has 0 fully saturated rings. The summed E-state index contributed by atoms with van der Waals surface area (Å²) >= 11 is 0. The highest BCUT2D eigenvalue weighted by molar-refractivity contribution is 5.85. The Morgan fingerprint density at radius 1 is 1.15 bits per heavy atom. The number of unbranched alkanes of at least 4 members (excludes halogenated alkanes) is 1. The van der Waals surface area contributed by atoms with E-state index < -0.39 is 6.04 Å². The molecule has 4 nitrogen and oxygen atoms in total. The van der Waals surface area contributed by atoms with Gasteiger partial charge in [0.05, 0.1) is 6.04 Å². The maximum atomic E-state index is 11.8. The summed E-state index contributed by atoms with van der Waals surface area (Å²) in [5, 5.41) is 2.92. The van der Waals surface area contributed by atoms with E-state index in [0.29, 0.717) is 0 Å². The van der Waals surface area contributed by atoms with E-state index in [1.54, 1.807) is 0 Å². The first-order chi connectivity index (χ1) is 8.32. The predicted octanol–water partition coefficient (Wildman–Crippen LogP) is 2.44. The third-order valence-corrected chi connectivity index (χ3v) is 3.31. The second-order valence-electron chi connectivity index (χ2n) is 5.87. The lowest BCUT2D eigenvalue weighted by atomic mass is 9.87. The van der Waals surface area contributed by atoms with Crippen LogP contribution in [0.3, 0.4) is 0 Å². The molecule has 1 atom stereocenters. The maximum Gasteiger partial charge on any atom is 0.237 e. The van der Waals surface area contributed by atoms with Crippen LogP contribution < -0.4 is 11.1 Å². The van der Waals surface area contributed by atoms with Crippen LogP contribution in [0.1, 0.15) is 47.5 Å². The molecule has 0 radical (unpaired) electrons. The van der Waals surface area contributed by atoms with Gasteiger partial charge >= 0.3 is 0 Å². The molecule has 20 heavy (non-hydrogen) atoms. The van der Waals surface area contributed by atoms with Gasteiger partial charge in [-0.15, -0.1) is 24.8 Å². The molecule has 1 amide bonds. The molecule has 3 N–H and O–H groups in total. The molecule has 0 unspecified atom stereocenters. The normalized spacial score (nSPS) is 12.3. The lowest BCUT2D eigenvalue weighted by Crippen LogP contribution is -2.48. The average molecular weight is 330 g/mol. The fourth-order valence-electron chi connectivity index (χ4n) is 1.72. The van der Waals surface area contributed by atoms with Crippen molar-refractivity contribution in [3.63, 3.8) is 0 Å². The Bertz CT molecular complexity index is 241. The zero-order valence-corrected chi connectivity index (χ0v) is 15.2. The molecular weight excluding hydrogens is 297 g/mol. The van der Waals surface area contributed by atoms with Crippen molar-refractivity contribution in [2.24, 2.45) is 11.1 Å². The van der Waals surface area contributed by atoms with Crippen LogP contribution >= 0.6 is 24.8 Å². The van der Waals surface area contributed by atoms with E-state index >= 15 is 0 Å². The van der Waals surface area contributed by atoms with Crippen LogP contribution in [-0.4, -0.2) is 43.0 Å². The number of amides is 1. The lowest BCUT2D eigenvalue weighted by Gasteiger charge is -2.25. The van der Waals surface area contributed by atoms with Gasteiger partial charge in [-0.2, -0.15) is 0 Å². The summed E-state index contributed by atoms with van der Waals surface area (Å²) in [6.07, 6.45) is 2.13. The highest BCUT2D eigenvalue weighted by atomic mass is 35.5. The van der Waals surface area contributed by atoms with Gasteiger partial charge in [-0.05, 0) is 37.9 Å². The summed E-state index contributed by atoms with van der Waals surface area (Å²) < 4.78 is 0. The SMILES string of the molecule is CCN(CC)CCCCNC(=O)[C@@H](N)C(C)(C)C.Cl.Cl. The summed E-state index contributed by atoms with van der Waals surface area (Å²) in [6.45, 7) is 14.3. The Hall–Kier alpha value is -0.0300. The molecule has 0 rings (SSSR count). The molecule has 0 aliphatic rings. The van der Waals surface area contributed by atoms with Crippen molar-refractivity contribution in [2.75, 3.05) is 26.2 Å². The number of carbonyl (C=O) groups is 1. The molecule has 0 aromatic heterocycles. The maximum absolute atomic E-state index is 11.8. The van der Waals surface area contributed by atoms with Gasteiger partial charge in [0.2, 0.25) is 5.91 Å². The van der Waals surface area contributed by atoms with Crippen LogP contribution in [-0.2, 0) is 4.79 Å². The standard InChI is InChI=1S/C14H31N3O.2ClH/c1-6-17(7-2)11-9-8-10-16-13(18)12(15)14(3,4)5;;/h12H,6-11,15H2,1-5H3,(H,16,18);2*1H/t12-;;/m1../s1. The van der Waals surface area contributed by atoms with Crippen molar-refractivity contribution in [3.8, 4) is 0 Å². The van der Waals surface area contributed by atoms with Crippen molar-refractivity contribution in [1.82, 2.24) is 10.2 Å². The highest BCUT2D eigenvalue weighted by Gasteiger charge is 2.26. The number of rotatable bonds is 8. The number of carbonyl (C=O) groups excluding carboxylic acids is 1. The van der Waals surface area contributed by atoms with E-state index in [4.69, 9.17) is 5.73 Å². The first-order valence-corrected chi connectivity index (χ1v) is 7.08. The van der Waals surface area contributed by atoms with Crippen molar-refractivity contribution in [1.29, 1.82) is 0 Å². The number of nitrogens with two attached hydrogens (primary N) is 1. The van der Waals surface area contributed by atoms with Gasteiger partial charge in [0.1, 0.15) is 0 Å². The number of halogens is 2. The Labute approximate surface area is 137 Å². The Balaban J connectivity index is -0.00000144. The van der Waals surface area contributed by atoms with Crippen molar-refractivity contribution in [3.05, 3.63) is 0 Å². The van der Waals surface area contributed by atoms with E-state index in [2.05, 4.69) is 24.1 Å². The molecule has 0 heterocycles. The summed E-state index contributed by atoms with van der Waals surface area (Å²) in [6, 6.07) is -0.430. The highest BCUT2D eigenvalue weighted by Crippen LogP contribution is 2.17. The van der Waals surface area contributed by atoms with E-state index in [0.717, 1.165) is 39.0 Å². The minimum Gasteiger partial charge on any atom is -0.355 e. The smallest absolute Gasteiger partial charge is 0.237 e. The first kappa shape index (κ1) is 25.0. The monoisotopic (exact) mass is 329 g/mol. The third-order valence-electron chi connectivity index (χ3n) is 3.31. The van der Waals surface area contributed by atoms with E-state index in [1.807, 2.05) is 20.8 Å². The van der Waals surface area contributed by atoms with E-state index in [1.165, 1.54) is 0 Å². The molecule has 124 valence electrons. The predicted molar refractivity (Wildman–Crippen MR) is 92.0 cm³/mol. The molecule has 0 aliphatic heterocycles. The van der Waals surface area contributed by atoms with Crippen LogP contribution in [0.25, 0.3) is 0 Å². The summed E-state index contributed by atoms with van der Waals surface area (Å²) in [4.78, 5) is 14.1. The largest absolute Gasteiger partial charge is 0.355 e. The fraction of sp³-hybridized carbons (Fsp3) is 0.929. The summed E-state index contributed by atoms with van der Waals surface area (Å²) in [5.74, 6) is -0.0367. The lowest BCUT2D eigenvalue weighted by molar-refractivity contribution is -0.124. The van der Waals surface area contributed by atoms with Gasteiger partial charge in [0.25, 0.3) is 0 Å². The summed E-state index contributed by atoms with van der Waals surface area (Å²) in [5.41, 5.74) is 5.70. The van der Waals surface area contributed by atoms with E-state index in [9.17, 15) is 4.79 Å². The second kappa shape index (κ2) is 12.7. The number of hydrogen-bond acceptors (Lipinski definition) is 3. The van der Waals surface area contributed by atoms with Crippen LogP contribution in [0, 0.1) is 5.41 Å². The average Bonchev–Trinajstić information content (AvgIpc) is 2.31. The fourth-order valence-corrected chi connectivity index (χ4v) is 1.72. The zero-order valence-electron chi connectivity index (χ0n) is 13.6. The Kier molecular flexibility index (Phi) is 15.8. The van der Waals surface area contributed by atoms with Gasteiger partial charge in [-0.25, -0.2) is 0 Å². The minimum atomic E-state index is -0.430. The first-order valence-electron chi connectivity index (χ1n) is 7.08. The quantitative estimate of drug-likeness (QED) is 0.672. The topological polar surface area (TPSA) is 58.4 Å². The second-order valence-corrected chi connectivity index (χ2v) is 5.87. The van der Waals surface area contributed by atoms with Crippen LogP contribution in [0.5, 0.6) is 0 Å². The van der Waals surface area contributed by atoms with Crippen LogP contribution in [0.4, 0.5) is 0 Å². The van der Waals surface area contributed by atoms with Gasteiger partial charge in [0, 0.05) is 6.54 Å². The van der Waals surface area contributed by atoms with Gasteiger partial charge < -0.3 is 16.0 Å². The Morgan fingerprint density at radius 2 is 1.65 bits per heavy atom. The number of nitrogens with one attached hydrogen (secondary N) is 1. The molecule has 0 bridgehead atoms. The Morgan fingerprint density at radius 3 is 2.05 bits per heavy atom. The van der Waals surface area contributed by atoms with Crippen molar-refractivity contribution >= 4 is 30.7 Å². The molecule has 0 aliphatic carbocycles. The van der Waals surface area contributed by atoms with Gasteiger partial charge in [-0.1, -0.05) is 34.6 Å². The third kappa shape index (κ3) is 10.7. The van der Waals surface area contributed by atoms with E-state index in [-0.39, 0.29) is 36.1 Å². The summed E-state index contributed by atoms with van der Waals surface area (Å²) in [7, 11) is 0. The molecule has 0 saturated carbocycles. The van der Waals surface area contributed by atoms with Crippen LogP contribution in [0.15, 0.2) is 0 Å². The van der Waals surface area contributed by atoms with Crippen LogP contribution in [0.2, 0.25) is 0 Å². The molecule has 0 spiro atoms. The molecule has 0 aromatic rings. The number of nitrogens with zero attached hydrogens (tertiary/aromatic N) is 1. The van der Waals surface area contributed by atoms with Crippen molar-refractivity contribution < 1.29 is 4.79 Å². The minimum absolute atomic E-state index is 0. The van der Waals surface area contributed by atoms with Gasteiger partial charge in [-0.3, -0.25) is 4.79 Å². The van der Waals surface area contributed by atoms with Crippen molar-refractivity contribution in [2.45, 2.75) is 53.5 Å². The zero-order chi connectivity index (χ0) is 14.2. The molecule has 6 heteroatoms. The van der Waals surface area contributed by atoms with Gasteiger partial charge in [0.15, 0.2) is 0 Å². The molecular formula is C14H33Cl2N3O. The molecule has 0 saturated heterocycles. The number of hydrogen-bond donors (Lipinski definition) is 2.